The Bertz CT molecular complexity index is 684. The van der Waals surface area contributed by atoms with E-state index in [2.05, 4.69) is 6.92 Å². The van der Waals surface area contributed by atoms with Gasteiger partial charge in [-0.05, 0) is 67.8 Å². The topological polar surface area (TPSA) is 83.8 Å². The lowest BCUT2D eigenvalue weighted by Gasteiger charge is -2.60. The summed E-state index contributed by atoms with van der Waals surface area (Å²) in [7, 11) is 1.32. The SMILES string of the molecule is COC(=O)C1(O)CC[C@H]2[C@@H]3CCC4=CC(=O)CC[C@]4(C)[C@@H]3C(O)C[C@@]21C. The minimum Gasteiger partial charge on any atom is -0.467 e. The lowest BCUT2D eigenvalue weighted by atomic mass is 9.45. The summed E-state index contributed by atoms with van der Waals surface area (Å²) < 4.78 is 4.92. The van der Waals surface area contributed by atoms with E-state index in [1.165, 1.54) is 12.7 Å². The Hall–Kier alpha value is -1.20. The van der Waals surface area contributed by atoms with Gasteiger partial charge in [0.1, 0.15) is 0 Å². The van der Waals surface area contributed by atoms with Gasteiger partial charge >= 0.3 is 5.97 Å². The van der Waals surface area contributed by atoms with E-state index in [0.717, 1.165) is 25.7 Å². The van der Waals surface area contributed by atoms with E-state index in [9.17, 15) is 19.8 Å². The minimum atomic E-state index is -1.52. The van der Waals surface area contributed by atoms with Crippen LogP contribution in [0.25, 0.3) is 0 Å². The molecule has 4 rings (SSSR count). The number of ether oxygens (including phenoxy) is 1. The van der Waals surface area contributed by atoms with E-state index >= 15 is 0 Å². The maximum Gasteiger partial charge on any atom is 0.338 e. The third-order valence-electron chi connectivity index (χ3n) is 8.57. The molecule has 4 aliphatic carbocycles. The van der Waals surface area contributed by atoms with Gasteiger partial charge in [0.15, 0.2) is 11.4 Å². The first-order valence-corrected chi connectivity index (χ1v) is 9.90. The Morgan fingerprint density at radius 1 is 1.23 bits per heavy atom. The summed E-state index contributed by atoms with van der Waals surface area (Å²) in [5.74, 6) is 0.175. The smallest absolute Gasteiger partial charge is 0.338 e. The number of fused-ring (bicyclic) bond motifs is 5. The molecule has 0 amide bonds. The van der Waals surface area contributed by atoms with E-state index in [1.54, 1.807) is 0 Å². The number of esters is 1. The molecule has 2 unspecified atom stereocenters. The van der Waals surface area contributed by atoms with Crippen molar-refractivity contribution in [3.05, 3.63) is 11.6 Å². The maximum absolute atomic E-state index is 12.4. The molecule has 5 heteroatoms. The third kappa shape index (κ3) is 2.10. The second-order valence-corrected chi connectivity index (χ2v) is 9.47. The molecule has 3 saturated carbocycles. The number of aliphatic hydroxyl groups excluding tert-OH is 1. The van der Waals surface area contributed by atoms with Gasteiger partial charge in [-0.1, -0.05) is 19.4 Å². The molecule has 4 aliphatic rings. The van der Waals surface area contributed by atoms with Crippen LogP contribution < -0.4 is 0 Å². The molecule has 0 aliphatic heterocycles. The molecule has 3 fully saturated rings. The van der Waals surface area contributed by atoms with E-state index in [1.807, 2.05) is 13.0 Å². The average Bonchev–Trinajstić information content (AvgIpc) is 2.86. The first-order chi connectivity index (χ1) is 12.2. The van der Waals surface area contributed by atoms with Gasteiger partial charge in [0, 0.05) is 11.8 Å². The molecule has 26 heavy (non-hydrogen) atoms. The van der Waals surface area contributed by atoms with Gasteiger partial charge in [0.2, 0.25) is 0 Å². The molecule has 0 spiro atoms. The first kappa shape index (κ1) is 18.2. The van der Waals surface area contributed by atoms with Crippen molar-refractivity contribution in [2.45, 2.75) is 70.5 Å². The molecule has 5 nitrogen and oxygen atoms in total. The Morgan fingerprint density at radius 2 is 1.96 bits per heavy atom. The fourth-order valence-corrected chi connectivity index (χ4v) is 7.20. The van der Waals surface area contributed by atoms with Crippen LogP contribution in [0, 0.1) is 28.6 Å². The number of ketones is 1. The second-order valence-electron chi connectivity index (χ2n) is 9.47. The highest BCUT2D eigenvalue weighted by molar-refractivity contribution is 5.91. The van der Waals surface area contributed by atoms with Crippen molar-refractivity contribution in [3.63, 3.8) is 0 Å². The molecule has 0 saturated heterocycles. The first-order valence-electron chi connectivity index (χ1n) is 9.90. The Morgan fingerprint density at radius 3 is 2.65 bits per heavy atom. The zero-order chi connectivity index (χ0) is 18.9. The van der Waals surface area contributed by atoms with Crippen molar-refractivity contribution in [3.8, 4) is 0 Å². The zero-order valence-electron chi connectivity index (χ0n) is 16.0. The molecular weight excluding hydrogens is 332 g/mol. The molecule has 0 aromatic carbocycles. The molecule has 0 aromatic rings. The highest BCUT2D eigenvalue weighted by atomic mass is 16.5. The van der Waals surface area contributed by atoms with E-state index < -0.39 is 23.1 Å². The standard InChI is InChI=1S/C21H30O5/c1-19-8-6-13(22)10-12(19)4-5-14-15-7-9-21(25,18(24)26-3)20(15,2)11-16(23)17(14)19/h10,14-17,23,25H,4-9,11H2,1-3H3/t14-,15-,16?,17-,19-,20-,21?/m0/s1. The van der Waals surface area contributed by atoms with E-state index in [0.29, 0.717) is 19.3 Å². The monoisotopic (exact) mass is 362 g/mol. The van der Waals surface area contributed by atoms with Crippen LogP contribution >= 0.6 is 0 Å². The summed E-state index contributed by atoms with van der Waals surface area (Å²) in [5.41, 5.74) is -1.14. The van der Waals surface area contributed by atoms with Crippen molar-refractivity contribution in [1.29, 1.82) is 0 Å². The summed E-state index contributed by atoms with van der Waals surface area (Å²) in [6.45, 7) is 4.16. The lowest BCUT2D eigenvalue weighted by Crippen LogP contribution is -2.61. The molecule has 0 radical (unpaired) electrons. The van der Waals surface area contributed by atoms with Crippen LogP contribution in [0.2, 0.25) is 0 Å². The number of aliphatic hydroxyl groups is 2. The van der Waals surface area contributed by atoms with Crippen molar-refractivity contribution in [2.24, 2.45) is 28.6 Å². The minimum absolute atomic E-state index is 0.0914. The summed E-state index contributed by atoms with van der Waals surface area (Å²) in [6, 6.07) is 0. The third-order valence-corrected chi connectivity index (χ3v) is 8.57. The predicted octanol–water partition coefficient (Wildman–Crippen LogP) is 2.39. The largest absolute Gasteiger partial charge is 0.467 e. The van der Waals surface area contributed by atoms with Gasteiger partial charge in [-0.2, -0.15) is 0 Å². The van der Waals surface area contributed by atoms with Crippen LogP contribution in [0.4, 0.5) is 0 Å². The van der Waals surface area contributed by atoms with E-state index in [4.69, 9.17) is 4.74 Å². The molecule has 2 N–H and O–H groups in total. The van der Waals surface area contributed by atoms with Crippen LogP contribution in [0.1, 0.15) is 58.8 Å². The number of carbonyl (C=O) groups excluding carboxylic acids is 2. The average molecular weight is 362 g/mol. The van der Waals surface area contributed by atoms with Gasteiger partial charge in [-0.3, -0.25) is 4.79 Å². The highest BCUT2D eigenvalue weighted by Crippen LogP contribution is 2.67. The fraction of sp³-hybridized carbons (Fsp3) is 0.810. The predicted molar refractivity (Wildman–Crippen MR) is 95.1 cm³/mol. The Balaban J connectivity index is 1.74. The quantitative estimate of drug-likeness (QED) is 0.700. The molecule has 7 atom stereocenters. The normalized spacial score (nSPS) is 50.3. The fourth-order valence-electron chi connectivity index (χ4n) is 7.20. The number of hydrogen-bond acceptors (Lipinski definition) is 5. The van der Waals surface area contributed by atoms with Crippen molar-refractivity contribution >= 4 is 11.8 Å². The van der Waals surface area contributed by atoms with Crippen molar-refractivity contribution in [2.75, 3.05) is 7.11 Å². The van der Waals surface area contributed by atoms with Gasteiger partial charge in [0.05, 0.1) is 13.2 Å². The molecule has 0 bridgehead atoms. The zero-order valence-corrected chi connectivity index (χ0v) is 16.0. The van der Waals surface area contributed by atoms with E-state index in [-0.39, 0.29) is 29.0 Å². The number of rotatable bonds is 1. The molecule has 0 aromatic heterocycles. The number of methoxy groups -OCH3 is 1. The van der Waals surface area contributed by atoms with Crippen LogP contribution in [-0.2, 0) is 14.3 Å². The summed E-state index contributed by atoms with van der Waals surface area (Å²) in [5, 5.41) is 22.4. The van der Waals surface area contributed by atoms with Gasteiger partial charge in [-0.25, -0.2) is 4.79 Å². The molecular formula is C21H30O5. The number of carbonyl (C=O) groups is 2. The van der Waals surface area contributed by atoms with Gasteiger partial charge in [-0.15, -0.1) is 0 Å². The summed E-state index contributed by atoms with van der Waals surface area (Å²) in [4.78, 5) is 24.3. The van der Waals surface area contributed by atoms with Gasteiger partial charge < -0.3 is 14.9 Å². The summed E-state index contributed by atoms with van der Waals surface area (Å²) >= 11 is 0. The van der Waals surface area contributed by atoms with Crippen LogP contribution in [0.3, 0.4) is 0 Å². The van der Waals surface area contributed by atoms with Gasteiger partial charge in [0.25, 0.3) is 0 Å². The van der Waals surface area contributed by atoms with Crippen LogP contribution in [0.15, 0.2) is 11.6 Å². The highest BCUT2D eigenvalue weighted by Gasteiger charge is 2.69. The second kappa shape index (κ2) is 5.65. The molecule has 0 heterocycles. The maximum atomic E-state index is 12.4. The summed E-state index contributed by atoms with van der Waals surface area (Å²) in [6.07, 6.45) is 5.94. The van der Waals surface area contributed by atoms with Crippen molar-refractivity contribution < 1.29 is 24.5 Å². The lowest BCUT2D eigenvalue weighted by molar-refractivity contribution is -0.197. The molecule has 144 valence electrons. The van der Waals surface area contributed by atoms with Crippen molar-refractivity contribution in [1.82, 2.24) is 0 Å². The Kier molecular flexibility index (Phi) is 3.95. The number of hydrogen-bond donors (Lipinski definition) is 2. The Labute approximate surface area is 154 Å². The van der Waals surface area contributed by atoms with Crippen LogP contribution in [-0.4, -0.2) is 40.8 Å². The number of allylic oxidation sites excluding steroid dienone is 1. The van der Waals surface area contributed by atoms with Crippen LogP contribution in [0.5, 0.6) is 0 Å².